The van der Waals surface area contributed by atoms with Crippen molar-refractivity contribution < 1.29 is 4.79 Å². The van der Waals surface area contributed by atoms with E-state index in [0.717, 1.165) is 24.6 Å². The third kappa shape index (κ3) is 6.40. The second-order valence-corrected chi connectivity index (χ2v) is 7.93. The van der Waals surface area contributed by atoms with E-state index in [1.807, 2.05) is 18.2 Å². The summed E-state index contributed by atoms with van der Waals surface area (Å²) in [4.78, 5) is 16.2. The highest BCUT2D eigenvalue weighted by atomic mass is 16.1. The Morgan fingerprint density at radius 1 is 1.24 bits per heavy atom. The van der Waals surface area contributed by atoms with E-state index in [-0.39, 0.29) is 11.8 Å². The van der Waals surface area contributed by atoms with E-state index in [2.05, 4.69) is 47.8 Å². The first kappa shape index (κ1) is 19.3. The molecule has 1 aliphatic heterocycles. The van der Waals surface area contributed by atoms with Gasteiger partial charge in [0.05, 0.1) is 0 Å². The van der Waals surface area contributed by atoms with Gasteiger partial charge in [-0.2, -0.15) is 0 Å². The fourth-order valence-electron chi connectivity index (χ4n) is 3.11. The number of anilines is 1. The Morgan fingerprint density at radius 3 is 2.72 bits per heavy atom. The van der Waals surface area contributed by atoms with Crippen LogP contribution in [0, 0.1) is 5.41 Å². The molecule has 1 aliphatic rings. The van der Waals surface area contributed by atoms with Crippen LogP contribution in [0.4, 0.5) is 5.69 Å². The van der Waals surface area contributed by atoms with Gasteiger partial charge in [0.2, 0.25) is 5.91 Å². The van der Waals surface area contributed by atoms with E-state index in [1.54, 1.807) is 7.05 Å². The van der Waals surface area contributed by atoms with Gasteiger partial charge in [-0.05, 0) is 29.9 Å². The molecule has 0 bridgehead atoms. The number of para-hydroxylation sites is 1. The lowest BCUT2D eigenvalue weighted by atomic mass is 9.90. The number of carbonyl (C=O) groups excluding carboxylic acids is 1. The van der Waals surface area contributed by atoms with Crippen LogP contribution < -0.4 is 16.0 Å². The number of carbonyl (C=O) groups is 1. The normalized spacial score (nSPS) is 17.7. The maximum absolute atomic E-state index is 11.9. The lowest BCUT2D eigenvalue weighted by Crippen LogP contribution is -2.41. The molecule has 0 saturated carbocycles. The summed E-state index contributed by atoms with van der Waals surface area (Å²) in [7, 11) is 1.78. The summed E-state index contributed by atoms with van der Waals surface area (Å²) in [5.41, 5.74) is 2.51. The van der Waals surface area contributed by atoms with E-state index in [4.69, 9.17) is 0 Å². The number of unbranched alkanes of at least 4 members (excludes halogenated alkanes) is 1. The standard InChI is InChI=1S/C20H32N4O/c1-20(2,3)11-7-8-12-22-19(21-4)23-14-15-13-18(25)24-17-10-6-5-9-16(15)17/h5-6,9-10,15H,7-8,11-14H2,1-4H3,(H,24,25)(H2,21,22,23). The van der Waals surface area contributed by atoms with Crippen molar-refractivity contribution in [1.29, 1.82) is 0 Å². The van der Waals surface area contributed by atoms with Crippen LogP contribution in [0.25, 0.3) is 0 Å². The largest absolute Gasteiger partial charge is 0.356 e. The third-order valence-corrected chi connectivity index (χ3v) is 4.49. The van der Waals surface area contributed by atoms with Crippen LogP contribution >= 0.6 is 0 Å². The zero-order chi connectivity index (χ0) is 18.3. The van der Waals surface area contributed by atoms with Crippen LogP contribution in [0.2, 0.25) is 0 Å². The molecule has 0 radical (unpaired) electrons. The molecule has 0 saturated heterocycles. The molecule has 1 amide bonds. The smallest absolute Gasteiger partial charge is 0.225 e. The van der Waals surface area contributed by atoms with Crippen molar-refractivity contribution in [2.45, 2.75) is 52.4 Å². The predicted molar refractivity (Wildman–Crippen MR) is 105 cm³/mol. The second-order valence-electron chi connectivity index (χ2n) is 7.93. The van der Waals surface area contributed by atoms with Crippen LogP contribution in [0.15, 0.2) is 29.3 Å². The summed E-state index contributed by atoms with van der Waals surface area (Å²) in [6, 6.07) is 8.02. The summed E-state index contributed by atoms with van der Waals surface area (Å²) in [5, 5.41) is 9.67. The number of amides is 1. The Bertz CT molecular complexity index is 604. The van der Waals surface area contributed by atoms with Gasteiger partial charge in [0.15, 0.2) is 5.96 Å². The highest BCUT2D eigenvalue weighted by molar-refractivity contribution is 5.94. The zero-order valence-corrected chi connectivity index (χ0v) is 16.0. The van der Waals surface area contributed by atoms with E-state index in [9.17, 15) is 4.79 Å². The molecule has 5 heteroatoms. The summed E-state index contributed by atoms with van der Waals surface area (Å²) < 4.78 is 0. The summed E-state index contributed by atoms with van der Waals surface area (Å²) in [6.07, 6.45) is 4.08. The molecule has 1 atom stereocenters. The van der Waals surface area contributed by atoms with E-state index in [0.29, 0.717) is 18.4 Å². The number of benzene rings is 1. The molecule has 1 aromatic carbocycles. The molecule has 138 valence electrons. The van der Waals surface area contributed by atoms with Gasteiger partial charge in [-0.1, -0.05) is 45.4 Å². The first-order valence-electron chi connectivity index (χ1n) is 9.22. The zero-order valence-electron chi connectivity index (χ0n) is 16.0. The number of fused-ring (bicyclic) bond motifs is 1. The molecule has 2 rings (SSSR count). The minimum atomic E-state index is 0.0793. The summed E-state index contributed by atoms with van der Waals surface area (Å²) in [6.45, 7) is 8.45. The molecular formula is C20H32N4O. The Morgan fingerprint density at radius 2 is 2.00 bits per heavy atom. The first-order chi connectivity index (χ1) is 11.9. The number of hydrogen-bond acceptors (Lipinski definition) is 2. The monoisotopic (exact) mass is 344 g/mol. The lowest BCUT2D eigenvalue weighted by Gasteiger charge is -2.26. The molecule has 5 nitrogen and oxygen atoms in total. The van der Waals surface area contributed by atoms with Crippen LogP contribution in [-0.4, -0.2) is 32.0 Å². The van der Waals surface area contributed by atoms with Crippen LogP contribution in [0.3, 0.4) is 0 Å². The van der Waals surface area contributed by atoms with Crippen LogP contribution in [0.1, 0.15) is 57.9 Å². The molecule has 3 N–H and O–H groups in total. The summed E-state index contributed by atoms with van der Waals surface area (Å²) >= 11 is 0. The molecule has 1 unspecified atom stereocenters. The fraction of sp³-hybridized carbons (Fsp3) is 0.600. The molecule has 0 aromatic heterocycles. The number of rotatable bonds is 6. The number of nitrogens with one attached hydrogen (secondary N) is 3. The fourth-order valence-corrected chi connectivity index (χ4v) is 3.11. The molecule has 1 aromatic rings. The third-order valence-electron chi connectivity index (χ3n) is 4.49. The minimum absolute atomic E-state index is 0.0793. The molecule has 25 heavy (non-hydrogen) atoms. The number of hydrogen-bond donors (Lipinski definition) is 3. The van der Waals surface area contributed by atoms with E-state index < -0.39 is 0 Å². The van der Waals surface area contributed by atoms with Gasteiger partial charge in [-0.15, -0.1) is 0 Å². The van der Waals surface area contributed by atoms with Crippen LogP contribution in [-0.2, 0) is 4.79 Å². The van der Waals surface area contributed by atoms with Gasteiger partial charge in [0.25, 0.3) is 0 Å². The number of guanidine groups is 1. The lowest BCUT2D eigenvalue weighted by molar-refractivity contribution is -0.116. The van der Waals surface area contributed by atoms with Crippen molar-refractivity contribution in [2.24, 2.45) is 10.4 Å². The Kier molecular flexibility index (Phi) is 6.85. The van der Waals surface area contributed by atoms with Crippen molar-refractivity contribution in [3.8, 4) is 0 Å². The van der Waals surface area contributed by atoms with E-state index >= 15 is 0 Å². The maximum atomic E-state index is 11.9. The second kappa shape index (κ2) is 8.88. The Labute approximate surface area is 151 Å². The van der Waals surface area contributed by atoms with E-state index in [1.165, 1.54) is 18.4 Å². The topological polar surface area (TPSA) is 65.5 Å². The number of aliphatic imine (C=N–C) groups is 1. The molecule has 1 heterocycles. The van der Waals surface area contributed by atoms with Gasteiger partial charge in [-0.25, -0.2) is 0 Å². The molecular weight excluding hydrogens is 312 g/mol. The first-order valence-corrected chi connectivity index (χ1v) is 9.22. The minimum Gasteiger partial charge on any atom is -0.356 e. The van der Waals surface area contributed by atoms with Gasteiger partial charge in [0.1, 0.15) is 0 Å². The van der Waals surface area contributed by atoms with Crippen molar-refractivity contribution in [3.63, 3.8) is 0 Å². The summed E-state index contributed by atoms with van der Waals surface area (Å²) in [5.74, 6) is 1.05. The molecule has 0 fully saturated rings. The molecule has 0 aliphatic carbocycles. The Hall–Kier alpha value is -2.04. The van der Waals surface area contributed by atoms with Crippen molar-refractivity contribution in [1.82, 2.24) is 10.6 Å². The number of nitrogens with zero attached hydrogens (tertiary/aromatic N) is 1. The van der Waals surface area contributed by atoms with Crippen molar-refractivity contribution in [3.05, 3.63) is 29.8 Å². The Balaban J connectivity index is 1.78. The highest BCUT2D eigenvalue weighted by Crippen LogP contribution is 2.31. The van der Waals surface area contributed by atoms with Gasteiger partial charge in [-0.3, -0.25) is 9.79 Å². The predicted octanol–water partition coefficient (Wildman–Crippen LogP) is 3.49. The van der Waals surface area contributed by atoms with Crippen LogP contribution in [0.5, 0.6) is 0 Å². The average molecular weight is 345 g/mol. The molecule has 0 spiro atoms. The van der Waals surface area contributed by atoms with Gasteiger partial charge >= 0.3 is 0 Å². The SMILES string of the molecule is CN=C(NCCCCC(C)(C)C)NCC1CC(=O)Nc2ccccc21. The highest BCUT2D eigenvalue weighted by Gasteiger charge is 2.24. The van der Waals surface area contributed by atoms with Gasteiger partial charge in [0, 0.05) is 38.2 Å². The average Bonchev–Trinajstić information content (AvgIpc) is 2.56. The van der Waals surface area contributed by atoms with Gasteiger partial charge < -0.3 is 16.0 Å². The quantitative estimate of drug-likeness (QED) is 0.420. The van der Waals surface area contributed by atoms with Crippen molar-refractivity contribution >= 4 is 17.6 Å². The maximum Gasteiger partial charge on any atom is 0.225 e. The van der Waals surface area contributed by atoms with Crippen molar-refractivity contribution in [2.75, 3.05) is 25.5 Å².